The van der Waals surface area contributed by atoms with E-state index >= 15 is 0 Å². The van der Waals surface area contributed by atoms with Crippen molar-refractivity contribution in [1.29, 1.82) is 0 Å². The van der Waals surface area contributed by atoms with E-state index in [1.165, 1.54) is 18.9 Å². The van der Waals surface area contributed by atoms with E-state index in [1.54, 1.807) is 6.20 Å². The van der Waals surface area contributed by atoms with Crippen LogP contribution in [0.1, 0.15) is 71.2 Å². The highest BCUT2D eigenvalue weighted by molar-refractivity contribution is 5.96. The molecule has 0 aliphatic heterocycles. The number of imidazole rings is 2. The molecule has 2 aromatic rings. The molecule has 6 amide bonds. The van der Waals surface area contributed by atoms with E-state index in [-0.39, 0.29) is 43.9 Å². The van der Waals surface area contributed by atoms with Crippen LogP contribution < -0.4 is 43.8 Å². The third kappa shape index (κ3) is 15.1. The fraction of sp³-hybridized carbons (Fsp3) is 0.625. The van der Waals surface area contributed by atoms with Gasteiger partial charge in [0.05, 0.1) is 25.2 Å². The maximum Gasteiger partial charge on any atom is 0.243 e. The number of unbranched alkanes of at least 4 members (excludes halogenated alkanes) is 1. The lowest BCUT2D eigenvalue weighted by Gasteiger charge is -2.27. The number of hydrogen-bond donors (Lipinski definition) is 10. The molecule has 0 bridgehead atoms. The lowest BCUT2D eigenvalue weighted by atomic mass is 9.99. The van der Waals surface area contributed by atoms with Crippen LogP contribution >= 0.6 is 0 Å². The Labute approximate surface area is 292 Å². The zero-order valence-corrected chi connectivity index (χ0v) is 29.3. The lowest BCUT2D eigenvalue weighted by molar-refractivity contribution is -0.135. The second-order valence-electron chi connectivity index (χ2n) is 13.1. The van der Waals surface area contributed by atoms with Gasteiger partial charge in [0.25, 0.3) is 0 Å². The molecular formula is C32H54N12O6. The van der Waals surface area contributed by atoms with Gasteiger partial charge in [0.2, 0.25) is 35.4 Å². The molecule has 278 valence electrons. The molecule has 50 heavy (non-hydrogen) atoms. The second-order valence-corrected chi connectivity index (χ2v) is 13.1. The predicted molar refractivity (Wildman–Crippen MR) is 184 cm³/mol. The van der Waals surface area contributed by atoms with E-state index in [4.69, 9.17) is 17.2 Å². The number of carbonyl (C=O) groups excluding carboxylic acids is 6. The van der Waals surface area contributed by atoms with Crippen LogP contribution in [0.3, 0.4) is 0 Å². The van der Waals surface area contributed by atoms with Crippen molar-refractivity contribution in [1.82, 2.24) is 46.5 Å². The molecule has 0 unspecified atom stereocenters. The van der Waals surface area contributed by atoms with Crippen LogP contribution in [-0.4, -0.2) is 98.7 Å². The molecule has 0 aliphatic rings. The van der Waals surface area contributed by atoms with Crippen molar-refractivity contribution in [2.75, 3.05) is 13.1 Å². The SMILES string of the molecule is CC(C)C[C@H](NC(=O)CNC(=O)[C@@H](N)Cc1cnc[nH]1)C(=O)N[C@@H](CC(C)C)C(=O)N[C@@H](Cc1cnc[nH]1)C(=O)N[C@@H](CCCCN)C(N)=O. The summed E-state index contributed by atoms with van der Waals surface area (Å²) in [5.74, 6) is -3.86. The first-order valence-electron chi connectivity index (χ1n) is 16.9. The average molecular weight is 703 g/mol. The Morgan fingerprint density at radius 3 is 1.70 bits per heavy atom. The van der Waals surface area contributed by atoms with Crippen LogP contribution in [0.15, 0.2) is 25.0 Å². The first-order valence-corrected chi connectivity index (χ1v) is 16.9. The van der Waals surface area contributed by atoms with Crippen molar-refractivity contribution in [2.24, 2.45) is 29.0 Å². The summed E-state index contributed by atoms with van der Waals surface area (Å²) in [5, 5.41) is 13.2. The first kappa shape index (κ1) is 41.3. The standard InChI is InChI=1S/C32H54N12O6/c1-18(2)9-24(41-27(45)15-38-29(47)22(34)11-20-13-36-16-39-20)30(48)43-25(10-19(3)4)31(49)44-26(12-21-14-37-17-40-21)32(50)42-23(28(35)46)7-5-6-8-33/h13-14,16-19,22-26H,5-12,15,33-34H2,1-4H3,(H2,35,46)(H,36,39)(H,37,40)(H,38,47)(H,41,45)(H,42,50)(H,43,48)(H,44,49)/t22-,23-,24-,25-,26-/m0/s1. The number of aromatic amines is 2. The maximum absolute atomic E-state index is 13.7. The number of hydrogen-bond acceptors (Lipinski definition) is 10. The van der Waals surface area contributed by atoms with E-state index in [9.17, 15) is 28.8 Å². The van der Waals surface area contributed by atoms with Crippen molar-refractivity contribution in [3.8, 4) is 0 Å². The Kier molecular flexibility index (Phi) is 17.6. The normalized spacial score (nSPS) is 14.2. The largest absolute Gasteiger partial charge is 0.368 e. The fourth-order valence-electron chi connectivity index (χ4n) is 5.10. The van der Waals surface area contributed by atoms with E-state index in [0.717, 1.165) is 0 Å². The van der Waals surface area contributed by atoms with Crippen LogP contribution in [0.25, 0.3) is 0 Å². The molecule has 13 N–H and O–H groups in total. The number of aromatic nitrogens is 4. The topological polar surface area (TPSA) is 298 Å². The molecule has 2 heterocycles. The summed E-state index contributed by atoms with van der Waals surface area (Å²) in [6.45, 7) is 7.47. The van der Waals surface area contributed by atoms with Crippen LogP contribution in [0, 0.1) is 11.8 Å². The highest BCUT2D eigenvalue weighted by Gasteiger charge is 2.32. The Morgan fingerprint density at radius 2 is 1.20 bits per heavy atom. The second kappa shape index (κ2) is 21.3. The Bertz CT molecular complexity index is 1370. The van der Waals surface area contributed by atoms with E-state index in [1.807, 2.05) is 27.7 Å². The minimum absolute atomic E-state index is 0.0114. The Balaban J connectivity index is 2.14. The molecule has 0 radical (unpaired) electrons. The minimum atomic E-state index is -1.15. The summed E-state index contributed by atoms with van der Waals surface area (Å²) in [6.07, 6.45) is 8.07. The van der Waals surface area contributed by atoms with Gasteiger partial charge in [-0.1, -0.05) is 27.7 Å². The van der Waals surface area contributed by atoms with Crippen molar-refractivity contribution >= 4 is 35.4 Å². The number of nitrogens with one attached hydrogen (secondary N) is 7. The minimum Gasteiger partial charge on any atom is -0.368 e. The number of carbonyl (C=O) groups is 6. The quantitative estimate of drug-likeness (QED) is 0.0569. The monoisotopic (exact) mass is 702 g/mol. The van der Waals surface area contributed by atoms with Crippen molar-refractivity contribution in [3.63, 3.8) is 0 Å². The van der Waals surface area contributed by atoms with Gasteiger partial charge < -0.3 is 53.8 Å². The van der Waals surface area contributed by atoms with Gasteiger partial charge in [-0.25, -0.2) is 9.97 Å². The smallest absolute Gasteiger partial charge is 0.243 e. The Morgan fingerprint density at radius 1 is 0.700 bits per heavy atom. The van der Waals surface area contributed by atoms with Crippen molar-refractivity contribution < 1.29 is 28.8 Å². The van der Waals surface area contributed by atoms with Crippen molar-refractivity contribution in [2.45, 2.75) is 103 Å². The van der Waals surface area contributed by atoms with Gasteiger partial charge in [0, 0.05) is 36.6 Å². The van der Waals surface area contributed by atoms with Crippen molar-refractivity contribution in [3.05, 3.63) is 36.4 Å². The van der Waals surface area contributed by atoms with Gasteiger partial charge in [-0.05, 0) is 50.5 Å². The molecule has 0 saturated carbocycles. The van der Waals surface area contributed by atoms with Crippen LogP contribution in [-0.2, 0) is 41.6 Å². The predicted octanol–water partition coefficient (Wildman–Crippen LogP) is -1.99. The third-order valence-electron chi connectivity index (χ3n) is 7.67. The number of primary amides is 1. The van der Waals surface area contributed by atoms with E-state index in [0.29, 0.717) is 30.8 Å². The summed E-state index contributed by atoms with van der Waals surface area (Å²) in [5.41, 5.74) is 18.2. The number of nitrogens with two attached hydrogens (primary N) is 3. The zero-order chi connectivity index (χ0) is 37.2. The molecule has 0 fully saturated rings. The molecule has 5 atom stereocenters. The highest BCUT2D eigenvalue weighted by atomic mass is 16.2. The Hall–Kier alpha value is -4.84. The molecule has 2 aromatic heterocycles. The molecule has 0 spiro atoms. The van der Waals surface area contributed by atoms with Crippen LogP contribution in [0.2, 0.25) is 0 Å². The maximum atomic E-state index is 13.7. The molecule has 18 heteroatoms. The number of H-pyrrole nitrogens is 2. The fourth-order valence-corrected chi connectivity index (χ4v) is 5.10. The highest BCUT2D eigenvalue weighted by Crippen LogP contribution is 2.11. The summed E-state index contributed by atoms with van der Waals surface area (Å²) < 4.78 is 0. The third-order valence-corrected chi connectivity index (χ3v) is 7.67. The average Bonchev–Trinajstić information content (AvgIpc) is 3.76. The molecule has 0 aliphatic carbocycles. The molecule has 18 nitrogen and oxygen atoms in total. The van der Waals surface area contributed by atoms with Crippen LogP contribution in [0.5, 0.6) is 0 Å². The summed E-state index contributed by atoms with van der Waals surface area (Å²) in [7, 11) is 0. The number of amides is 6. The summed E-state index contributed by atoms with van der Waals surface area (Å²) in [4.78, 5) is 91.7. The zero-order valence-electron chi connectivity index (χ0n) is 29.3. The molecule has 0 saturated heterocycles. The molecule has 0 aromatic carbocycles. The lowest BCUT2D eigenvalue weighted by Crippen LogP contribution is -2.59. The number of nitrogens with zero attached hydrogens (tertiary/aromatic N) is 2. The number of rotatable bonds is 23. The van der Waals surface area contributed by atoms with Gasteiger partial charge in [-0.3, -0.25) is 28.8 Å². The van der Waals surface area contributed by atoms with Gasteiger partial charge in [0.1, 0.15) is 24.2 Å². The van der Waals surface area contributed by atoms with Gasteiger partial charge in [-0.15, -0.1) is 0 Å². The van der Waals surface area contributed by atoms with Crippen LogP contribution in [0.4, 0.5) is 0 Å². The summed E-state index contributed by atoms with van der Waals surface area (Å²) >= 11 is 0. The van der Waals surface area contributed by atoms with E-state index < -0.39 is 72.2 Å². The summed E-state index contributed by atoms with van der Waals surface area (Å²) in [6, 6.07) is -5.17. The first-order chi connectivity index (χ1) is 23.7. The molecular weight excluding hydrogens is 648 g/mol. The van der Waals surface area contributed by atoms with Gasteiger partial charge in [0.15, 0.2) is 0 Å². The van der Waals surface area contributed by atoms with E-state index in [2.05, 4.69) is 46.5 Å². The van der Waals surface area contributed by atoms with Gasteiger partial charge in [-0.2, -0.15) is 0 Å². The van der Waals surface area contributed by atoms with Gasteiger partial charge >= 0.3 is 0 Å². The molecule has 2 rings (SSSR count).